The van der Waals surface area contributed by atoms with E-state index in [1.54, 1.807) is 0 Å². The molecule has 7 nitrogen and oxygen atoms in total. The van der Waals surface area contributed by atoms with Crippen molar-refractivity contribution in [1.82, 2.24) is 9.80 Å². The second-order valence-electron chi connectivity index (χ2n) is 10.5. The number of amides is 3. The molecule has 1 aliphatic carbocycles. The third-order valence-electron chi connectivity index (χ3n) is 7.38. The molecule has 0 radical (unpaired) electrons. The van der Waals surface area contributed by atoms with Crippen molar-refractivity contribution in [2.75, 3.05) is 49.5 Å². The van der Waals surface area contributed by atoms with Crippen LogP contribution >= 0.6 is 0 Å². The average Bonchev–Trinajstić information content (AvgIpc) is 3.38. The maximum absolute atomic E-state index is 13.5. The highest BCUT2D eigenvalue weighted by Crippen LogP contribution is 2.30. The standard InChI is InChI=1S/C27H40N4O3/c1-20(2)18-25(32)28-22-10-11-24(23(19-22)27(34)30-12-6-3-7-13-30)29-14-16-31(17-15-29)26(33)21-8-4-5-9-21/h10-11,19-21H,3-9,12-18H2,1-2H3,(H,28,32). The van der Waals surface area contributed by atoms with Crippen molar-refractivity contribution in [3.63, 3.8) is 0 Å². The van der Waals surface area contributed by atoms with Gasteiger partial charge in [-0.05, 0) is 56.2 Å². The Morgan fingerprint density at radius 1 is 0.882 bits per heavy atom. The van der Waals surface area contributed by atoms with Crippen LogP contribution in [0.1, 0.15) is 75.6 Å². The van der Waals surface area contributed by atoms with Gasteiger partial charge in [-0.25, -0.2) is 0 Å². The van der Waals surface area contributed by atoms with E-state index < -0.39 is 0 Å². The van der Waals surface area contributed by atoms with Gasteiger partial charge in [0.05, 0.1) is 5.56 Å². The molecule has 2 heterocycles. The third kappa shape index (κ3) is 5.91. The molecule has 3 fully saturated rings. The number of rotatable bonds is 6. The van der Waals surface area contributed by atoms with Gasteiger partial charge in [-0.3, -0.25) is 14.4 Å². The van der Waals surface area contributed by atoms with Crippen LogP contribution in [0.2, 0.25) is 0 Å². The Kier molecular flexibility index (Phi) is 8.11. The van der Waals surface area contributed by atoms with Gasteiger partial charge < -0.3 is 20.0 Å². The highest BCUT2D eigenvalue weighted by atomic mass is 16.2. The van der Waals surface area contributed by atoms with Gasteiger partial charge in [0.15, 0.2) is 0 Å². The second kappa shape index (κ2) is 11.2. The van der Waals surface area contributed by atoms with E-state index >= 15 is 0 Å². The van der Waals surface area contributed by atoms with Crippen LogP contribution in [0, 0.1) is 11.8 Å². The van der Waals surface area contributed by atoms with Gasteiger partial charge in [0.1, 0.15) is 0 Å². The fraction of sp³-hybridized carbons (Fsp3) is 0.667. The number of nitrogens with one attached hydrogen (secondary N) is 1. The summed E-state index contributed by atoms with van der Waals surface area (Å²) in [4.78, 5) is 44.9. The minimum absolute atomic E-state index is 0.0295. The molecule has 0 atom stereocenters. The second-order valence-corrected chi connectivity index (χ2v) is 10.5. The highest BCUT2D eigenvalue weighted by Gasteiger charge is 2.31. The number of likely N-dealkylation sites (tertiary alicyclic amines) is 1. The lowest BCUT2D eigenvalue weighted by atomic mass is 10.0. The maximum Gasteiger partial charge on any atom is 0.256 e. The molecular formula is C27H40N4O3. The van der Waals surface area contributed by atoms with Gasteiger partial charge in [-0.15, -0.1) is 0 Å². The Morgan fingerprint density at radius 2 is 1.56 bits per heavy atom. The molecule has 186 valence electrons. The topological polar surface area (TPSA) is 73.0 Å². The van der Waals surface area contributed by atoms with Crippen molar-refractivity contribution in [3.8, 4) is 0 Å². The van der Waals surface area contributed by atoms with Crippen molar-refractivity contribution in [2.24, 2.45) is 11.8 Å². The van der Waals surface area contributed by atoms with E-state index in [2.05, 4.69) is 10.2 Å². The quantitative estimate of drug-likeness (QED) is 0.681. The monoisotopic (exact) mass is 468 g/mol. The zero-order valence-electron chi connectivity index (χ0n) is 20.9. The maximum atomic E-state index is 13.5. The Hall–Kier alpha value is -2.57. The van der Waals surface area contributed by atoms with Gasteiger partial charge in [0.2, 0.25) is 11.8 Å². The summed E-state index contributed by atoms with van der Waals surface area (Å²) in [6, 6.07) is 5.72. The molecule has 1 N–H and O–H groups in total. The molecule has 2 aliphatic heterocycles. The fourth-order valence-corrected chi connectivity index (χ4v) is 5.51. The molecular weight excluding hydrogens is 428 g/mol. The van der Waals surface area contributed by atoms with Gasteiger partial charge in [0.25, 0.3) is 5.91 Å². The Morgan fingerprint density at radius 3 is 2.21 bits per heavy atom. The van der Waals surface area contributed by atoms with Crippen LogP contribution in [0.5, 0.6) is 0 Å². The summed E-state index contributed by atoms with van der Waals surface area (Å²) >= 11 is 0. The number of piperidine rings is 1. The largest absolute Gasteiger partial charge is 0.367 e. The number of carbonyl (C=O) groups excluding carboxylic acids is 3. The van der Waals surface area contributed by atoms with E-state index in [0.717, 1.165) is 57.5 Å². The summed E-state index contributed by atoms with van der Waals surface area (Å²) in [6.45, 7) is 8.43. The van der Waals surface area contributed by atoms with E-state index in [1.165, 1.54) is 19.3 Å². The lowest BCUT2D eigenvalue weighted by molar-refractivity contribution is -0.135. The van der Waals surface area contributed by atoms with E-state index in [9.17, 15) is 14.4 Å². The number of hydrogen-bond acceptors (Lipinski definition) is 4. The van der Waals surface area contributed by atoms with E-state index in [0.29, 0.717) is 36.7 Å². The van der Waals surface area contributed by atoms with Gasteiger partial charge in [0, 0.05) is 63.0 Å². The molecule has 0 spiro atoms. The number of piperazine rings is 1. The molecule has 3 aliphatic rings. The van der Waals surface area contributed by atoms with Crippen molar-refractivity contribution in [1.29, 1.82) is 0 Å². The molecule has 34 heavy (non-hydrogen) atoms. The summed E-state index contributed by atoms with van der Waals surface area (Å²) in [5.74, 6) is 0.802. The van der Waals surface area contributed by atoms with E-state index in [-0.39, 0.29) is 23.7 Å². The molecule has 4 rings (SSSR count). The molecule has 1 aromatic rings. The molecule has 0 aromatic heterocycles. The number of hydrogen-bond donors (Lipinski definition) is 1. The summed E-state index contributed by atoms with van der Waals surface area (Å²) in [6.07, 6.45) is 8.07. The lowest BCUT2D eigenvalue weighted by Gasteiger charge is -2.38. The van der Waals surface area contributed by atoms with Crippen LogP contribution in [-0.2, 0) is 9.59 Å². The van der Waals surface area contributed by atoms with Crippen LogP contribution in [0.3, 0.4) is 0 Å². The summed E-state index contributed by atoms with van der Waals surface area (Å²) in [5, 5.41) is 2.97. The molecule has 7 heteroatoms. The molecule has 2 saturated heterocycles. The molecule has 3 amide bonds. The summed E-state index contributed by atoms with van der Waals surface area (Å²) in [5.41, 5.74) is 2.23. The normalized spacial score (nSPS) is 19.6. The van der Waals surface area contributed by atoms with Gasteiger partial charge in [-0.2, -0.15) is 0 Å². The Bertz CT molecular complexity index is 880. The van der Waals surface area contributed by atoms with Gasteiger partial charge >= 0.3 is 0 Å². The van der Waals surface area contributed by atoms with Gasteiger partial charge in [-0.1, -0.05) is 26.7 Å². The van der Waals surface area contributed by atoms with Crippen molar-refractivity contribution >= 4 is 29.1 Å². The minimum Gasteiger partial charge on any atom is -0.367 e. The molecule has 1 saturated carbocycles. The predicted molar refractivity (Wildman–Crippen MR) is 135 cm³/mol. The number of anilines is 2. The lowest BCUT2D eigenvalue weighted by Crippen LogP contribution is -2.50. The molecule has 1 aromatic carbocycles. The first kappa shape index (κ1) is 24.6. The van der Waals surface area contributed by atoms with Crippen molar-refractivity contribution in [2.45, 2.75) is 65.2 Å². The number of nitrogens with zero attached hydrogens (tertiary/aromatic N) is 3. The first-order valence-corrected chi connectivity index (χ1v) is 13.2. The van der Waals surface area contributed by atoms with Crippen LogP contribution < -0.4 is 10.2 Å². The molecule has 0 bridgehead atoms. The highest BCUT2D eigenvalue weighted by molar-refractivity contribution is 6.02. The number of benzene rings is 1. The smallest absolute Gasteiger partial charge is 0.256 e. The van der Waals surface area contributed by atoms with Crippen molar-refractivity contribution < 1.29 is 14.4 Å². The zero-order valence-corrected chi connectivity index (χ0v) is 20.9. The first-order chi connectivity index (χ1) is 16.4. The van der Waals surface area contributed by atoms with Crippen molar-refractivity contribution in [3.05, 3.63) is 23.8 Å². The number of carbonyl (C=O) groups is 3. The van der Waals surface area contributed by atoms with Crippen LogP contribution in [0.25, 0.3) is 0 Å². The van der Waals surface area contributed by atoms with E-state index in [4.69, 9.17) is 0 Å². The van der Waals surface area contributed by atoms with Crippen LogP contribution in [-0.4, -0.2) is 66.8 Å². The Balaban J connectivity index is 1.50. The summed E-state index contributed by atoms with van der Waals surface area (Å²) < 4.78 is 0. The zero-order chi connectivity index (χ0) is 24.1. The third-order valence-corrected chi connectivity index (χ3v) is 7.38. The first-order valence-electron chi connectivity index (χ1n) is 13.2. The van der Waals surface area contributed by atoms with Crippen LogP contribution in [0.4, 0.5) is 11.4 Å². The van der Waals surface area contributed by atoms with Crippen LogP contribution in [0.15, 0.2) is 18.2 Å². The minimum atomic E-state index is -0.0295. The molecule has 0 unspecified atom stereocenters. The Labute approximate surface area is 203 Å². The summed E-state index contributed by atoms with van der Waals surface area (Å²) in [7, 11) is 0. The predicted octanol–water partition coefficient (Wildman–Crippen LogP) is 4.14. The fourth-order valence-electron chi connectivity index (χ4n) is 5.51. The van der Waals surface area contributed by atoms with E-state index in [1.807, 2.05) is 41.8 Å². The average molecular weight is 469 g/mol. The SMILES string of the molecule is CC(C)CC(=O)Nc1ccc(N2CCN(C(=O)C3CCCC3)CC2)c(C(=O)N2CCCCC2)c1.